The van der Waals surface area contributed by atoms with Gasteiger partial charge in [0.25, 0.3) is 0 Å². The first-order valence-corrected chi connectivity index (χ1v) is 7.99. The summed E-state index contributed by atoms with van der Waals surface area (Å²) in [4.78, 5) is 0. The van der Waals surface area contributed by atoms with Gasteiger partial charge in [0.15, 0.2) is 11.5 Å². The number of hydrogen-bond acceptors (Lipinski definition) is 3. The summed E-state index contributed by atoms with van der Waals surface area (Å²) < 4.78 is 13.3. The summed E-state index contributed by atoms with van der Waals surface area (Å²) in [6, 6.07) is 16.6. The van der Waals surface area contributed by atoms with Crippen molar-refractivity contribution in [2.24, 2.45) is 0 Å². The molecule has 116 valence electrons. The van der Waals surface area contributed by atoms with E-state index in [1.54, 1.807) is 0 Å². The molecule has 4 aromatic rings. The van der Waals surface area contributed by atoms with Crippen molar-refractivity contribution in [3.05, 3.63) is 48.0 Å². The molecule has 1 aromatic heterocycles. The van der Waals surface area contributed by atoms with Gasteiger partial charge in [-0.15, -0.1) is 0 Å². The van der Waals surface area contributed by atoms with Crippen LogP contribution in [0.15, 0.2) is 42.5 Å². The van der Waals surface area contributed by atoms with Gasteiger partial charge < -0.3 is 14.0 Å². The molecule has 0 bridgehead atoms. The lowest BCUT2D eigenvalue weighted by Gasteiger charge is -2.08. The Kier molecular flexibility index (Phi) is 2.57. The lowest BCUT2D eigenvalue weighted by molar-refractivity contribution is 0.174. The van der Waals surface area contributed by atoms with Crippen LogP contribution in [-0.4, -0.2) is 11.4 Å². The molecular weight excluding hydrogens is 300 g/mol. The lowest BCUT2D eigenvalue weighted by atomic mass is 10.00. The Labute approximate surface area is 138 Å². The number of aryl methyl sites for hydroxylation is 1. The molecule has 0 atom stereocenters. The molecule has 3 aromatic carbocycles. The number of rotatable bonds is 1. The fourth-order valence-electron chi connectivity index (χ4n) is 3.78. The van der Waals surface area contributed by atoms with Crippen LogP contribution >= 0.6 is 0 Å². The maximum atomic E-state index is 9.71. The highest BCUT2D eigenvalue weighted by molar-refractivity contribution is 6.20. The topological polar surface area (TPSA) is 47.2 Å². The minimum Gasteiger partial charge on any atom is -0.454 e. The summed E-state index contributed by atoms with van der Waals surface area (Å²) in [5.41, 5.74) is 2.93. The molecule has 0 amide bonds. The van der Waals surface area contributed by atoms with Crippen LogP contribution in [0.4, 0.5) is 0 Å². The van der Waals surface area contributed by atoms with Gasteiger partial charge >= 0.3 is 0 Å². The minimum absolute atomic E-state index is 0.247. The van der Waals surface area contributed by atoms with Crippen molar-refractivity contribution in [2.75, 3.05) is 6.79 Å². The van der Waals surface area contributed by atoms with E-state index in [4.69, 9.17) is 9.47 Å². The molecular formula is C20H14N2O2. The van der Waals surface area contributed by atoms with Crippen molar-refractivity contribution in [1.29, 1.82) is 5.26 Å². The van der Waals surface area contributed by atoms with E-state index < -0.39 is 0 Å². The van der Waals surface area contributed by atoms with E-state index in [9.17, 15) is 5.26 Å². The van der Waals surface area contributed by atoms with Crippen molar-refractivity contribution in [2.45, 2.75) is 13.5 Å². The molecule has 0 N–H and O–H groups in total. The van der Waals surface area contributed by atoms with Crippen molar-refractivity contribution < 1.29 is 9.47 Å². The van der Waals surface area contributed by atoms with Crippen LogP contribution in [0.1, 0.15) is 12.5 Å². The zero-order chi connectivity index (χ0) is 16.3. The zero-order valence-corrected chi connectivity index (χ0v) is 13.2. The Balaban J connectivity index is 2.09. The second-order valence-electron chi connectivity index (χ2n) is 5.95. The first-order chi connectivity index (χ1) is 11.8. The highest BCUT2D eigenvalue weighted by Crippen LogP contribution is 2.42. The van der Waals surface area contributed by atoms with E-state index in [-0.39, 0.29) is 6.79 Å². The minimum atomic E-state index is 0.247. The molecule has 0 fully saturated rings. The third kappa shape index (κ3) is 1.56. The van der Waals surface area contributed by atoms with Crippen LogP contribution in [0.25, 0.3) is 32.6 Å². The molecule has 1 aliphatic heterocycles. The quantitative estimate of drug-likeness (QED) is 0.517. The SMILES string of the molecule is CCn1c2ccccc2c2c(C#N)cc3cc4c(cc3c21)OCO4. The smallest absolute Gasteiger partial charge is 0.231 e. The summed E-state index contributed by atoms with van der Waals surface area (Å²) in [5, 5.41) is 13.9. The average molecular weight is 314 g/mol. The molecule has 0 aliphatic carbocycles. The summed E-state index contributed by atoms with van der Waals surface area (Å²) >= 11 is 0. The van der Waals surface area contributed by atoms with Crippen molar-refractivity contribution in [3.63, 3.8) is 0 Å². The summed E-state index contributed by atoms with van der Waals surface area (Å²) in [6.07, 6.45) is 0. The van der Waals surface area contributed by atoms with Crippen LogP contribution in [0.2, 0.25) is 0 Å². The van der Waals surface area contributed by atoms with E-state index in [0.29, 0.717) is 5.56 Å². The van der Waals surface area contributed by atoms with Gasteiger partial charge in [-0.3, -0.25) is 0 Å². The van der Waals surface area contributed by atoms with Gasteiger partial charge in [0.1, 0.15) is 0 Å². The normalized spacial score (nSPS) is 13.0. The fraction of sp³-hybridized carbons (Fsp3) is 0.150. The van der Waals surface area contributed by atoms with E-state index in [2.05, 4.69) is 29.7 Å². The summed E-state index contributed by atoms with van der Waals surface area (Å²) in [5.74, 6) is 1.51. The molecule has 2 heterocycles. The number of ether oxygens (including phenoxy) is 2. The molecule has 4 heteroatoms. The third-order valence-corrected chi connectivity index (χ3v) is 4.78. The number of aromatic nitrogens is 1. The van der Waals surface area contributed by atoms with E-state index in [0.717, 1.165) is 50.6 Å². The number of fused-ring (bicyclic) bond motifs is 6. The molecule has 0 spiro atoms. The Morgan fingerprint density at radius 3 is 2.67 bits per heavy atom. The molecule has 0 unspecified atom stereocenters. The third-order valence-electron chi connectivity index (χ3n) is 4.78. The van der Waals surface area contributed by atoms with Crippen LogP contribution < -0.4 is 9.47 Å². The van der Waals surface area contributed by atoms with E-state index >= 15 is 0 Å². The van der Waals surface area contributed by atoms with Crippen LogP contribution in [-0.2, 0) is 6.54 Å². The highest BCUT2D eigenvalue weighted by atomic mass is 16.7. The molecule has 1 aliphatic rings. The van der Waals surface area contributed by atoms with Gasteiger partial charge in [-0.1, -0.05) is 18.2 Å². The van der Waals surface area contributed by atoms with Gasteiger partial charge in [-0.25, -0.2) is 0 Å². The molecule has 0 saturated carbocycles. The monoisotopic (exact) mass is 314 g/mol. The van der Waals surface area contributed by atoms with E-state index in [1.165, 1.54) is 0 Å². The molecule has 4 nitrogen and oxygen atoms in total. The number of benzene rings is 3. The number of para-hydroxylation sites is 1. The Morgan fingerprint density at radius 1 is 1.08 bits per heavy atom. The van der Waals surface area contributed by atoms with Gasteiger partial charge in [-0.2, -0.15) is 5.26 Å². The van der Waals surface area contributed by atoms with E-state index in [1.807, 2.05) is 30.3 Å². The predicted molar refractivity (Wildman–Crippen MR) is 93.5 cm³/mol. The molecule has 0 saturated heterocycles. The first-order valence-electron chi connectivity index (χ1n) is 7.99. The maximum Gasteiger partial charge on any atom is 0.231 e. The standard InChI is InChI=1S/C20H14N2O2/c1-2-22-16-6-4-3-5-14(16)19-13(10-21)7-12-8-17-18(24-11-23-17)9-15(12)20(19)22/h3-9H,2,11H2,1H3. The second-order valence-corrected chi connectivity index (χ2v) is 5.95. The Morgan fingerprint density at radius 2 is 1.88 bits per heavy atom. The molecule has 24 heavy (non-hydrogen) atoms. The van der Waals surface area contributed by atoms with Gasteiger partial charge in [-0.05, 0) is 36.6 Å². The second kappa shape index (κ2) is 4.65. The van der Waals surface area contributed by atoms with Crippen LogP contribution in [0.3, 0.4) is 0 Å². The summed E-state index contributed by atoms with van der Waals surface area (Å²) in [7, 11) is 0. The average Bonchev–Trinajstić information content (AvgIpc) is 3.20. The predicted octanol–water partition coefficient (Wildman–Crippen LogP) is 4.57. The van der Waals surface area contributed by atoms with Crippen molar-refractivity contribution >= 4 is 32.6 Å². The number of nitriles is 1. The van der Waals surface area contributed by atoms with Crippen molar-refractivity contribution in [3.8, 4) is 17.6 Å². The van der Waals surface area contributed by atoms with Crippen LogP contribution in [0, 0.1) is 11.3 Å². The van der Waals surface area contributed by atoms with Crippen molar-refractivity contribution in [1.82, 2.24) is 4.57 Å². The first kappa shape index (κ1) is 13.3. The Bertz CT molecular complexity index is 1180. The Hall–Kier alpha value is -3.19. The summed E-state index contributed by atoms with van der Waals surface area (Å²) in [6.45, 7) is 3.21. The van der Waals surface area contributed by atoms with Crippen LogP contribution in [0.5, 0.6) is 11.5 Å². The lowest BCUT2D eigenvalue weighted by Crippen LogP contribution is -1.94. The molecule has 5 rings (SSSR count). The largest absolute Gasteiger partial charge is 0.454 e. The maximum absolute atomic E-state index is 9.71. The number of nitrogens with zero attached hydrogens (tertiary/aromatic N) is 2. The highest BCUT2D eigenvalue weighted by Gasteiger charge is 2.20. The van der Waals surface area contributed by atoms with Gasteiger partial charge in [0, 0.05) is 28.2 Å². The zero-order valence-electron chi connectivity index (χ0n) is 13.2. The molecule has 0 radical (unpaired) electrons. The fourth-order valence-corrected chi connectivity index (χ4v) is 3.78. The van der Waals surface area contributed by atoms with Gasteiger partial charge in [0.05, 0.1) is 17.1 Å². The number of hydrogen-bond donors (Lipinski definition) is 0. The van der Waals surface area contributed by atoms with Gasteiger partial charge in [0.2, 0.25) is 6.79 Å².